The van der Waals surface area contributed by atoms with Crippen molar-refractivity contribution < 1.29 is 4.79 Å². The summed E-state index contributed by atoms with van der Waals surface area (Å²) in [5.74, 6) is -0.311. The Bertz CT molecular complexity index is 1220. The third-order valence-electron chi connectivity index (χ3n) is 4.55. The lowest BCUT2D eigenvalue weighted by Crippen LogP contribution is -2.22. The fourth-order valence-corrected chi connectivity index (χ4v) is 3.95. The zero-order valence-electron chi connectivity index (χ0n) is 15.2. The minimum atomic E-state index is -0.311. The molecule has 4 rings (SSSR count). The molecule has 0 saturated carbocycles. The van der Waals surface area contributed by atoms with Gasteiger partial charge in [0.25, 0.3) is 11.5 Å². The Balaban J connectivity index is 1.71. The lowest BCUT2D eigenvalue weighted by molar-refractivity contribution is 0.102. The van der Waals surface area contributed by atoms with Crippen molar-refractivity contribution in [1.82, 2.24) is 14.3 Å². The average molecular weight is 378 g/mol. The van der Waals surface area contributed by atoms with E-state index in [1.54, 1.807) is 22.5 Å². The summed E-state index contributed by atoms with van der Waals surface area (Å²) in [6.07, 6.45) is 0. The van der Waals surface area contributed by atoms with E-state index in [0.29, 0.717) is 11.3 Å². The van der Waals surface area contributed by atoms with Crippen LogP contribution in [-0.2, 0) is 7.05 Å². The first-order chi connectivity index (χ1) is 13.0. The minimum Gasteiger partial charge on any atom is -0.316 e. The summed E-state index contributed by atoms with van der Waals surface area (Å²) in [5.41, 5.74) is 2.83. The quantitative estimate of drug-likeness (QED) is 0.592. The average Bonchev–Trinajstić information content (AvgIpc) is 3.13. The van der Waals surface area contributed by atoms with Crippen molar-refractivity contribution in [1.29, 1.82) is 0 Å². The van der Waals surface area contributed by atoms with Crippen LogP contribution < -0.4 is 10.9 Å². The number of aromatic nitrogens is 3. The van der Waals surface area contributed by atoms with Gasteiger partial charge in [0.2, 0.25) is 0 Å². The molecule has 0 unspecified atom stereocenters. The van der Waals surface area contributed by atoms with Gasteiger partial charge in [0.05, 0.1) is 26.6 Å². The number of nitrogens with one attached hydrogen (secondary N) is 1. The molecule has 2 aromatic carbocycles. The molecule has 2 aromatic heterocycles. The number of hydrogen-bond donors (Lipinski definition) is 1. The molecule has 0 spiro atoms. The van der Waals surface area contributed by atoms with Crippen molar-refractivity contribution in [3.8, 4) is 5.69 Å². The van der Waals surface area contributed by atoms with Crippen molar-refractivity contribution in [3.05, 3.63) is 75.1 Å². The molecule has 0 atom stereocenters. The molecular formula is C20H18N4O2S. The van der Waals surface area contributed by atoms with Gasteiger partial charge >= 0.3 is 0 Å². The highest BCUT2D eigenvalue weighted by Crippen LogP contribution is 2.23. The number of thiazole rings is 1. The number of aryl methyl sites for hydroxylation is 1. The minimum absolute atomic E-state index is 0.260. The maximum Gasteiger partial charge on any atom is 0.295 e. The molecule has 136 valence electrons. The Kier molecular flexibility index (Phi) is 4.16. The molecule has 1 N–H and O–H groups in total. The smallest absolute Gasteiger partial charge is 0.295 e. The topological polar surface area (TPSA) is 68.9 Å². The normalized spacial score (nSPS) is 11.1. The zero-order chi connectivity index (χ0) is 19.1. The van der Waals surface area contributed by atoms with Crippen LogP contribution in [0.15, 0.2) is 53.3 Å². The highest BCUT2D eigenvalue weighted by Gasteiger charge is 2.19. The van der Waals surface area contributed by atoms with E-state index in [0.717, 1.165) is 20.9 Å². The molecule has 6 nitrogen and oxygen atoms in total. The Morgan fingerprint density at radius 2 is 1.85 bits per heavy atom. The first kappa shape index (κ1) is 17.2. The van der Waals surface area contributed by atoms with Crippen LogP contribution >= 0.6 is 11.3 Å². The number of hydrogen-bond acceptors (Lipinski definition) is 4. The number of nitrogens with zero attached hydrogens (tertiary/aromatic N) is 3. The van der Waals surface area contributed by atoms with Crippen LogP contribution in [0.5, 0.6) is 0 Å². The van der Waals surface area contributed by atoms with Gasteiger partial charge in [-0.2, -0.15) is 0 Å². The van der Waals surface area contributed by atoms with Crippen LogP contribution in [0.3, 0.4) is 0 Å². The van der Waals surface area contributed by atoms with Crippen LogP contribution in [0.1, 0.15) is 21.1 Å². The molecule has 0 aliphatic carbocycles. The molecule has 0 aliphatic heterocycles. The summed E-state index contributed by atoms with van der Waals surface area (Å²) < 4.78 is 4.23. The molecule has 0 fully saturated rings. The summed E-state index contributed by atoms with van der Waals surface area (Å²) in [4.78, 5) is 30.1. The van der Waals surface area contributed by atoms with E-state index in [4.69, 9.17) is 0 Å². The number of benzene rings is 2. The van der Waals surface area contributed by atoms with Crippen molar-refractivity contribution in [2.24, 2.45) is 7.05 Å². The van der Waals surface area contributed by atoms with E-state index in [2.05, 4.69) is 10.3 Å². The highest BCUT2D eigenvalue weighted by atomic mass is 32.1. The fraction of sp³-hybridized carbons (Fsp3) is 0.150. The lowest BCUT2D eigenvalue weighted by atomic mass is 10.2. The van der Waals surface area contributed by atoms with Gasteiger partial charge in [-0.25, -0.2) is 9.67 Å². The Labute approximate surface area is 159 Å². The third-order valence-corrected chi connectivity index (χ3v) is 5.48. The van der Waals surface area contributed by atoms with E-state index in [1.165, 1.54) is 11.3 Å². The monoisotopic (exact) mass is 378 g/mol. The van der Waals surface area contributed by atoms with E-state index in [-0.39, 0.29) is 17.2 Å². The number of para-hydroxylation sites is 1. The van der Waals surface area contributed by atoms with Crippen LogP contribution in [0.25, 0.3) is 15.9 Å². The number of anilines is 1. The molecule has 7 heteroatoms. The van der Waals surface area contributed by atoms with Crippen molar-refractivity contribution in [2.45, 2.75) is 13.8 Å². The summed E-state index contributed by atoms with van der Waals surface area (Å²) in [5, 5.41) is 3.74. The first-order valence-corrected chi connectivity index (χ1v) is 9.30. The number of carbonyl (C=O) groups excluding carboxylic acids is 1. The SMILES string of the molecule is Cc1nc2ccc(C(=O)Nc3c(C)n(C)n(-c4ccccc4)c3=O)cc2s1. The van der Waals surface area contributed by atoms with Gasteiger partial charge in [0.15, 0.2) is 0 Å². The van der Waals surface area contributed by atoms with Crippen LogP contribution in [0, 0.1) is 13.8 Å². The number of rotatable bonds is 3. The molecule has 27 heavy (non-hydrogen) atoms. The second-order valence-corrected chi connectivity index (χ2v) is 7.54. The molecule has 4 aromatic rings. The van der Waals surface area contributed by atoms with Crippen molar-refractivity contribution >= 4 is 33.1 Å². The van der Waals surface area contributed by atoms with Gasteiger partial charge in [0.1, 0.15) is 5.69 Å². The number of fused-ring (bicyclic) bond motifs is 1. The molecule has 1 amide bonds. The van der Waals surface area contributed by atoms with Gasteiger partial charge in [-0.15, -0.1) is 11.3 Å². The molecule has 0 bridgehead atoms. The van der Waals surface area contributed by atoms with E-state index in [9.17, 15) is 9.59 Å². The van der Waals surface area contributed by atoms with E-state index >= 15 is 0 Å². The van der Waals surface area contributed by atoms with Gasteiger partial charge in [0, 0.05) is 12.6 Å². The van der Waals surface area contributed by atoms with Gasteiger partial charge in [-0.3, -0.25) is 14.3 Å². The fourth-order valence-electron chi connectivity index (χ4n) is 3.08. The van der Waals surface area contributed by atoms with Gasteiger partial charge in [-0.05, 0) is 44.2 Å². The summed E-state index contributed by atoms with van der Waals surface area (Å²) >= 11 is 1.54. The Morgan fingerprint density at radius 1 is 1.11 bits per heavy atom. The zero-order valence-corrected chi connectivity index (χ0v) is 16.0. The van der Waals surface area contributed by atoms with Crippen LogP contribution in [0.4, 0.5) is 5.69 Å². The number of carbonyl (C=O) groups is 1. The Hall–Kier alpha value is -3.19. The van der Waals surface area contributed by atoms with E-state index in [1.807, 2.05) is 56.3 Å². The summed E-state index contributed by atoms with van der Waals surface area (Å²) in [6.45, 7) is 3.75. The van der Waals surface area contributed by atoms with Gasteiger partial charge in [-0.1, -0.05) is 18.2 Å². The molecule has 0 radical (unpaired) electrons. The van der Waals surface area contributed by atoms with Crippen LogP contribution in [0.2, 0.25) is 0 Å². The maximum atomic E-state index is 12.9. The lowest BCUT2D eigenvalue weighted by Gasteiger charge is -2.07. The molecule has 0 aliphatic rings. The second-order valence-electron chi connectivity index (χ2n) is 6.31. The number of amides is 1. The molecular weight excluding hydrogens is 360 g/mol. The highest BCUT2D eigenvalue weighted by molar-refractivity contribution is 7.18. The van der Waals surface area contributed by atoms with Gasteiger partial charge < -0.3 is 5.32 Å². The molecule has 2 heterocycles. The second kappa shape index (κ2) is 6.51. The first-order valence-electron chi connectivity index (χ1n) is 8.48. The largest absolute Gasteiger partial charge is 0.316 e. The van der Waals surface area contributed by atoms with Crippen molar-refractivity contribution in [2.75, 3.05) is 5.32 Å². The maximum absolute atomic E-state index is 12.9. The van der Waals surface area contributed by atoms with Crippen molar-refractivity contribution in [3.63, 3.8) is 0 Å². The van der Waals surface area contributed by atoms with Crippen LogP contribution in [-0.4, -0.2) is 20.3 Å². The summed E-state index contributed by atoms with van der Waals surface area (Å²) in [7, 11) is 1.80. The van der Waals surface area contributed by atoms with E-state index < -0.39 is 0 Å². The molecule has 0 saturated heterocycles. The predicted octanol–water partition coefficient (Wildman–Crippen LogP) is 3.65. The standard InChI is InChI=1S/C20H18N4O2S/c1-12-18(20(26)24(23(12)3)15-7-5-4-6-8-15)22-19(25)14-9-10-16-17(11-14)27-13(2)21-16/h4-11H,1-3H3,(H,22,25). The third kappa shape index (κ3) is 2.96. The predicted molar refractivity (Wildman–Crippen MR) is 108 cm³/mol. The Morgan fingerprint density at radius 3 is 2.59 bits per heavy atom. The summed E-state index contributed by atoms with van der Waals surface area (Å²) in [6, 6.07) is 14.7.